The molecule has 0 spiro atoms. The first-order chi connectivity index (χ1) is 15.9. The van der Waals surface area contributed by atoms with Gasteiger partial charge in [0.2, 0.25) is 0 Å². The molecule has 2 N–H and O–H groups in total. The van der Waals surface area contributed by atoms with Gasteiger partial charge in [-0.2, -0.15) is 10.2 Å². The average Bonchev–Trinajstić information content (AvgIpc) is 3.59. The minimum atomic E-state index is -0.480. The van der Waals surface area contributed by atoms with Crippen LogP contribution in [0.15, 0.2) is 50.0 Å². The molecule has 4 aromatic heterocycles. The van der Waals surface area contributed by atoms with Crippen molar-refractivity contribution < 1.29 is 18.4 Å². The molecule has 0 bridgehead atoms. The van der Waals surface area contributed by atoms with E-state index in [-0.39, 0.29) is 18.0 Å². The summed E-state index contributed by atoms with van der Waals surface area (Å²) in [6.45, 7) is 6.89. The number of amides is 2. The molecule has 0 saturated carbocycles. The molecule has 0 unspecified atom stereocenters. The van der Waals surface area contributed by atoms with Crippen LogP contribution in [0.1, 0.15) is 50.9 Å². The maximum absolute atomic E-state index is 12.8. The topological polar surface area (TPSA) is 120 Å². The van der Waals surface area contributed by atoms with Crippen molar-refractivity contribution in [1.82, 2.24) is 24.9 Å². The van der Waals surface area contributed by atoms with E-state index in [1.54, 1.807) is 39.8 Å². The second kappa shape index (κ2) is 9.49. The van der Waals surface area contributed by atoms with Gasteiger partial charge in [0.25, 0.3) is 11.8 Å². The number of carbonyl (C=O) groups is 2. The van der Waals surface area contributed by atoms with Crippen molar-refractivity contribution in [2.45, 2.75) is 40.4 Å². The van der Waals surface area contributed by atoms with Crippen molar-refractivity contribution in [3.05, 3.63) is 75.6 Å². The number of furan rings is 2. The number of aromatic nitrogens is 4. The summed E-state index contributed by atoms with van der Waals surface area (Å²) in [5.74, 6) is 0.410. The molecule has 0 saturated heterocycles. The summed E-state index contributed by atoms with van der Waals surface area (Å²) >= 11 is 3.50. The number of hydrogen-bond acceptors (Lipinski definition) is 6. The predicted molar refractivity (Wildman–Crippen MR) is 123 cm³/mol. The second-order valence-corrected chi connectivity index (χ2v) is 8.16. The third kappa shape index (κ3) is 4.92. The Morgan fingerprint density at radius 3 is 2.61 bits per heavy atom. The molecule has 0 fully saturated rings. The molecule has 4 aromatic rings. The van der Waals surface area contributed by atoms with Gasteiger partial charge in [-0.15, -0.1) is 0 Å². The molecule has 172 valence electrons. The van der Waals surface area contributed by atoms with Gasteiger partial charge >= 0.3 is 0 Å². The first-order valence-corrected chi connectivity index (χ1v) is 11.1. The summed E-state index contributed by atoms with van der Waals surface area (Å²) in [6.07, 6.45) is 3.14. The van der Waals surface area contributed by atoms with Crippen LogP contribution in [0.4, 0.5) is 5.69 Å². The normalized spacial score (nSPS) is 11.0. The highest BCUT2D eigenvalue weighted by Gasteiger charge is 2.21. The van der Waals surface area contributed by atoms with Gasteiger partial charge in [-0.05, 0) is 61.0 Å². The van der Waals surface area contributed by atoms with E-state index >= 15 is 0 Å². The SMILES string of the molecule is CCn1cc(NC(=O)c2ccc(Cn3nc(C)c(Br)c3C)o2)c(C(=O)NCc2ccco2)n1. The van der Waals surface area contributed by atoms with Gasteiger partial charge in [0.15, 0.2) is 11.5 Å². The van der Waals surface area contributed by atoms with E-state index in [4.69, 9.17) is 8.83 Å². The van der Waals surface area contributed by atoms with E-state index in [0.29, 0.717) is 30.3 Å². The molecule has 11 heteroatoms. The Morgan fingerprint density at radius 2 is 1.94 bits per heavy atom. The Bertz CT molecular complexity index is 1280. The van der Waals surface area contributed by atoms with Gasteiger partial charge in [0, 0.05) is 12.7 Å². The molecule has 4 rings (SSSR count). The molecular weight excluding hydrogens is 492 g/mol. The average molecular weight is 515 g/mol. The van der Waals surface area contributed by atoms with Crippen molar-refractivity contribution in [2.75, 3.05) is 5.32 Å². The fourth-order valence-corrected chi connectivity index (χ4v) is 3.54. The van der Waals surface area contributed by atoms with Crippen LogP contribution in [0, 0.1) is 13.8 Å². The van der Waals surface area contributed by atoms with Crippen molar-refractivity contribution in [2.24, 2.45) is 0 Å². The zero-order valence-electron chi connectivity index (χ0n) is 18.4. The molecule has 2 amide bonds. The van der Waals surface area contributed by atoms with E-state index in [0.717, 1.165) is 15.9 Å². The van der Waals surface area contributed by atoms with Gasteiger partial charge in [-0.1, -0.05) is 0 Å². The van der Waals surface area contributed by atoms with E-state index in [1.165, 1.54) is 6.26 Å². The maximum Gasteiger partial charge on any atom is 0.291 e. The summed E-state index contributed by atoms with van der Waals surface area (Å²) < 4.78 is 15.3. The summed E-state index contributed by atoms with van der Waals surface area (Å²) in [5, 5.41) is 14.2. The molecule has 0 radical (unpaired) electrons. The lowest BCUT2D eigenvalue weighted by molar-refractivity contribution is 0.0943. The molecule has 0 atom stereocenters. The van der Waals surface area contributed by atoms with Crippen LogP contribution < -0.4 is 10.6 Å². The predicted octanol–water partition coefficient (Wildman–Crippen LogP) is 3.90. The molecule has 0 aliphatic rings. The molecule has 4 heterocycles. The van der Waals surface area contributed by atoms with Crippen molar-refractivity contribution in [3.8, 4) is 0 Å². The van der Waals surface area contributed by atoms with Crippen molar-refractivity contribution in [3.63, 3.8) is 0 Å². The molecule has 33 heavy (non-hydrogen) atoms. The lowest BCUT2D eigenvalue weighted by atomic mass is 10.3. The number of anilines is 1. The van der Waals surface area contributed by atoms with Crippen LogP contribution in [0.2, 0.25) is 0 Å². The largest absolute Gasteiger partial charge is 0.467 e. The zero-order chi connectivity index (χ0) is 23.5. The van der Waals surface area contributed by atoms with Crippen LogP contribution in [-0.2, 0) is 19.6 Å². The third-order valence-electron chi connectivity index (χ3n) is 5.04. The number of nitrogens with one attached hydrogen (secondary N) is 2. The van der Waals surface area contributed by atoms with Crippen LogP contribution >= 0.6 is 15.9 Å². The Morgan fingerprint density at radius 1 is 1.12 bits per heavy atom. The summed E-state index contributed by atoms with van der Waals surface area (Å²) in [7, 11) is 0. The highest BCUT2D eigenvalue weighted by atomic mass is 79.9. The van der Waals surface area contributed by atoms with E-state index in [9.17, 15) is 9.59 Å². The van der Waals surface area contributed by atoms with Gasteiger partial charge in [0.1, 0.15) is 11.5 Å². The van der Waals surface area contributed by atoms with Crippen LogP contribution in [0.3, 0.4) is 0 Å². The molecule has 0 aromatic carbocycles. The zero-order valence-corrected chi connectivity index (χ0v) is 20.0. The lowest BCUT2D eigenvalue weighted by Crippen LogP contribution is -2.25. The van der Waals surface area contributed by atoms with Gasteiger partial charge in [-0.3, -0.25) is 19.0 Å². The number of nitrogens with zero attached hydrogens (tertiary/aromatic N) is 4. The fraction of sp³-hybridized carbons (Fsp3) is 0.273. The number of aryl methyl sites for hydroxylation is 2. The molecule has 0 aliphatic carbocycles. The molecule has 0 aliphatic heterocycles. The first kappa shape index (κ1) is 22.6. The Balaban J connectivity index is 1.46. The van der Waals surface area contributed by atoms with Crippen LogP contribution in [-0.4, -0.2) is 31.4 Å². The Hall–Kier alpha value is -3.60. The summed E-state index contributed by atoms with van der Waals surface area (Å²) in [5.41, 5.74) is 2.24. The number of rotatable bonds is 8. The molecule has 10 nitrogen and oxygen atoms in total. The highest BCUT2D eigenvalue weighted by molar-refractivity contribution is 9.10. The van der Waals surface area contributed by atoms with Gasteiger partial charge < -0.3 is 19.5 Å². The van der Waals surface area contributed by atoms with Crippen molar-refractivity contribution in [1.29, 1.82) is 0 Å². The summed E-state index contributed by atoms with van der Waals surface area (Å²) in [4.78, 5) is 25.5. The minimum absolute atomic E-state index is 0.107. The minimum Gasteiger partial charge on any atom is -0.467 e. The van der Waals surface area contributed by atoms with Crippen LogP contribution in [0.5, 0.6) is 0 Å². The fourth-order valence-electron chi connectivity index (χ4n) is 3.25. The van der Waals surface area contributed by atoms with Gasteiger partial charge in [0.05, 0.1) is 40.9 Å². The quantitative estimate of drug-likeness (QED) is 0.368. The number of halogens is 1. The Kier molecular flexibility index (Phi) is 6.50. The third-order valence-corrected chi connectivity index (χ3v) is 6.18. The van der Waals surface area contributed by atoms with Gasteiger partial charge in [-0.25, -0.2) is 0 Å². The van der Waals surface area contributed by atoms with Crippen LogP contribution in [0.25, 0.3) is 0 Å². The molecular formula is C22H23BrN6O4. The van der Waals surface area contributed by atoms with E-state index in [1.807, 2.05) is 20.8 Å². The number of carbonyl (C=O) groups excluding carboxylic acids is 2. The van der Waals surface area contributed by atoms with E-state index in [2.05, 4.69) is 36.8 Å². The first-order valence-electron chi connectivity index (χ1n) is 10.3. The maximum atomic E-state index is 12.8. The Labute approximate surface area is 198 Å². The highest BCUT2D eigenvalue weighted by Crippen LogP contribution is 2.22. The lowest BCUT2D eigenvalue weighted by Gasteiger charge is -2.05. The number of hydrogen-bond donors (Lipinski definition) is 2. The van der Waals surface area contributed by atoms with Crippen molar-refractivity contribution >= 4 is 33.4 Å². The second-order valence-electron chi connectivity index (χ2n) is 7.37. The smallest absolute Gasteiger partial charge is 0.291 e. The monoisotopic (exact) mass is 514 g/mol. The summed E-state index contributed by atoms with van der Waals surface area (Å²) in [6, 6.07) is 6.81. The standard InChI is InChI=1S/C22H23BrN6O4/c1-4-28-12-17(20(27-28)22(31)24-10-15-6-5-9-32-15)25-21(30)18-8-7-16(33-18)11-29-14(3)19(23)13(2)26-29/h5-9,12H,4,10-11H2,1-3H3,(H,24,31)(H,25,30). The van der Waals surface area contributed by atoms with E-state index < -0.39 is 11.8 Å².